The van der Waals surface area contributed by atoms with Crippen LogP contribution in [0.1, 0.15) is 25.0 Å². The first-order valence-corrected chi connectivity index (χ1v) is 15.7. The minimum atomic E-state index is -0.486. The van der Waals surface area contributed by atoms with Gasteiger partial charge >= 0.3 is 6.03 Å². The second-order valence-electron chi connectivity index (χ2n) is 11.3. The number of aliphatic hydroxyl groups is 1. The molecule has 45 heavy (non-hydrogen) atoms. The Kier molecular flexibility index (Phi) is 8.92. The largest absolute Gasteiger partial charge is 0.455 e. The first kappa shape index (κ1) is 30.4. The van der Waals surface area contributed by atoms with E-state index in [0.29, 0.717) is 36.7 Å². The number of carbonyl (C=O) groups excluding carboxylic acids is 3. The molecule has 5 heterocycles. The van der Waals surface area contributed by atoms with Crippen molar-refractivity contribution in [2.45, 2.75) is 38.9 Å². The molecule has 1 aromatic carbocycles. The highest BCUT2D eigenvalue weighted by Crippen LogP contribution is 2.39. The van der Waals surface area contributed by atoms with Crippen LogP contribution in [0.15, 0.2) is 54.9 Å². The van der Waals surface area contributed by atoms with E-state index in [-0.39, 0.29) is 29.9 Å². The number of anilines is 1. The summed E-state index contributed by atoms with van der Waals surface area (Å²) in [5.41, 5.74) is 4.36. The van der Waals surface area contributed by atoms with Crippen molar-refractivity contribution in [2.24, 2.45) is 0 Å². The fourth-order valence-corrected chi connectivity index (χ4v) is 6.48. The molecule has 6 rings (SSSR count). The average Bonchev–Trinajstić information content (AvgIpc) is 3.44. The quantitative estimate of drug-likeness (QED) is 0.209. The summed E-state index contributed by atoms with van der Waals surface area (Å²) in [4.78, 5) is 49.3. The minimum absolute atomic E-state index is 0.00965. The van der Waals surface area contributed by atoms with Crippen LogP contribution in [0.25, 0.3) is 20.8 Å². The summed E-state index contributed by atoms with van der Waals surface area (Å²) in [5, 5.41) is 17.4. The van der Waals surface area contributed by atoms with E-state index < -0.39 is 6.61 Å². The Hall–Kier alpha value is -4.59. The van der Waals surface area contributed by atoms with Gasteiger partial charge in [0.25, 0.3) is 0 Å². The van der Waals surface area contributed by atoms with Crippen LogP contribution in [0.3, 0.4) is 0 Å². The molecule has 4 amide bonds. The molecule has 12 nitrogen and oxygen atoms in total. The third-order valence-electron chi connectivity index (χ3n) is 7.91. The van der Waals surface area contributed by atoms with Crippen molar-refractivity contribution in [3.8, 4) is 22.1 Å². The van der Waals surface area contributed by atoms with Crippen LogP contribution in [-0.2, 0) is 22.6 Å². The lowest BCUT2D eigenvalue weighted by Crippen LogP contribution is -2.61. The number of thiophene rings is 1. The maximum atomic E-state index is 12.5. The van der Waals surface area contributed by atoms with Gasteiger partial charge < -0.3 is 30.7 Å². The van der Waals surface area contributed by atoms with Crippen LogP contribution in [-0.4, -0.2) is 87.6 Å². The number of benzene rings is 1. The summed E-state index contributed by atoms with van der Waals surface area (Å²) in [6.45, 7) is 6.35. The first-order valence-electron chi connectivity index (χ1n) is 14.9. The Balaban J connectivity index is 1.09. The molecule has 0 atom stereocenters. The van der Waals surface area contributed by atoms with Crippen LogP contribution in [0.5, 0.6) is 11.5 Å². The molecule has 2 saturated heterocycles. The molecule has 0 spiro atoms. The number of nitrogens with one attached hydrogen (secondary N) is 3. The molecule has 234 valence electrons. The summed E-state index contributed by atoms with van der Waals surface area (Å²) in [5.74, 6) is 1.06. The molecule has 2 fully saturated rings. The Morgan fingerprint density at radius 3 is 2.51 bits per heavy atom. The van der Waals surface area contributed by atoms with E-state index in [1.54, 1.807) is 22.4 Å². The third-order valence-corrected chi connectivity index (χ3v) is 9.07. The number of ether oxygens (including phenoxy) is 1. The lowest BCUT2D eigenvalue weighted by Gasteiger charge is -2.39. The molecule has 3 aromatic heterocycles. The number of rotatable bonds is 10. The molecule has 4 N–H and O–H groups in total. The lowest BCUT2D eigenvalue weighted by atomic mass is 10.1. The molecule has 0 unspecified atom stereocenters. The molecule has 0 radical (unpaired) electrons. The van der Waals surface area contributed by atoms with Crippen LogP contribution in [0, 0.1) is 0 Å². The van der Waals surface area contributed by atoms with E-state index in [1.165, 1.54) is 6.92 Å². The zero-order valence-corrected chi connectivity index (χ0v) is 25.9. The van der Waals surface area contributed by atoms with E-state index in [0.717, 1.165) is 51.5 Å². The van der Waals surface area contributed by atoms with E-state index in [4.69, 9.17) is 14.8 Å². The van der Waals surface area contributed by atoms with Crippen molar-refractivity contribution >= 4 is 45.1 Å². The molecule has 4 aromatic rings. The maximum Gasteiger partial charge on any atom is 0.319 e. The number of hydrogen-bond acceptors (Lipinski definition) is 9. The van der Waals surface area contributed by atoms with Crippen molar-refractivity contribution in [3.05, 3.63) is 66.0 Å². The predicted molar refractivity (Wildman–Crippen MR) is 171 cm³/mol. The molecular formula is C32H35N7O5S. The smallest absolute Gasteiger partial charge is 0.319 e. The number of amides is 4. The van der Waals surface area contributed by atoms with Gasteiger partial charge in [0.05, 0.1) is 32.9 Å². The molecule has 13 heteroatoms. The maximum absolute atomic E-state index is 12.5. The van der Waals surface area contributed by atoms with Crippen molar-refractivity contribution < 1.29 is 24.2 Å². The Morgan fingerprint density at radius 2 is 1.80 bits per heavy atom. The van der Waals surface area contributed by atoms with E-state index in [9.17, 15) is 14.4 Å². The van der Waals surface area contributed by atoms with Crippen LogP contribution < -0.4 is 20.7 Å². The van der Waals surface area contributed by atoms with Crippen molar-refractivity contribution in [3.63, 3.8) is 0 Å². The standard InChI is InChI=1S/C32H35N7O5S/c1-3-21-10-22(36-32(43)37-24-16-39(17-24)19(2)41)5-7-27(21)44-28-8-9-33-26-11-29(45-31(26)28)25-6-4-20(12-34-25)13-38-14-23(15-38)35-30(42)18-40/h4-12,23-24,40H,3,13-18H2,1-2H3,(H,35,42)(H2,36,37,43). The SMILES string of the molecule is CCc1cc(NC(=O)NC2CN(C(C)=O)C2)ccc1Oc1ccnc2cc(-c3ccc(CN4CC(NC(=O)CO)C4)cn3)sc12. The summed E-state index contributed by atoms with van der Waals surface area (Å²) < 4.78 is 7.32. The van der Waals surface area contributed by atoms with Gasteiger partial charge in [0.15, 0.2) is 0 Å². The van der Waals surface area contributed by atoms with Gasteiger partial charge in [-0.05, 0) is 47.9 Å². The van der Waals surface area contributed by atoms with Gasteiger partial charge in [-0.2, -0.15) is 0 Å². The van der Waals surface area contributed by atoms with Gasteiger partial charge in [-0.3, -0.25) is 24.5 Å². The summed E-state index contributed by atoms with van der Waals surface area (Å²) in [7, 11) is 0. The summed E-state index contributed by atoms with van der Waals surface area (Å²) >= 11 is 1.57. The van der Waals surface area contributed by atoms with Crippen molar-refractivity contribution in [1.82, 2.24) is 30.4 Å². The van der Waals surface area contributed by atoms with Crippen molar-refractivity contribution in [2.75, 3.05) is 38.1 Å². The van der Waals surface area contributed by atoms with Gasteiger partial charge in [-0.25, -0.2) is 4.79 Å². The van der Waals surface area contributed by atoms with Gasteiger partial charge in [-0.15, -0.1) is 11.3 Å². The molecule has 2 aliphatic rings. The van der Waals surface area contributed by atoms with Crippen molar-refractivity contribution in [1.29, 1.82) is 0 Å². The van der Waals surface area contributed by atoms with E-state index in [1.807, 2.05) is 49.5 Å². The molecule has 0 saturated carbocycles. The number of pyridine rings is 2. The van der Waals surface area contributed by atoms with Crippen LogP contribution in [0.2, 0.25) is 0 Å². The second-order valence-corrected chi connectivity index (χ2v) is 12.4. The van der Waals surface area contributed by atoms with Gasteiger partial charge in [-0.1, -0.05) is 13.0 Å². The molecular weight excluding hydrogens is 594 g/mol. The zero-order valence-electron chi connectivity index (χ0n) is 25.1. The Bertz CT molecular complexity index is 1710. The highest BCUT2D eigenvalue weighted by Gasteiger charge is 2.30. The average molecular weight is 630 g/mol. The van der Waals surface area contributed by atoms with Gasteiger partial charge in [0.2, 0.25) is 11.8 Å². The number of aromatic nitrogens is 2. The number of aliphatic hydroxyl groups excluding tert-OH is 1. The summed E-state index contributed by atoms with van der Waals surface area (Å²) in [6, 6.07) is 13.2. The number of hydrogen-bond donors (Lipinski definition) is 4. The highest BCUT2D eigenvalue weighted by molar-refractivity contribution is 7.22. The number of carbonyl (C=O) groups is 3. The molecule has 0 aliphatic carbocycles. The summed E-state index contributed by atoms with van der Waals surface area (Å²) in [6.07, 6.45) is 4.31. The van der Waals surface area contributed by atoms with Crippen LogP contribution >= 0.6 is 11.3 Å². The molecule has 2 aliphatic heterocycles. The van der Waals surface area contributed by atoms with Crippen LogP contribution in [0.4, 0.5) is 10.5 Å². The fraction of sp³-hybridized carbons (Fsp3) is 0.344. The first-order chi connectivity index (χ1) is 21.8. The minimum Gasteiger partial charge on any atom is -0.455 e. The fourth-order valence-electron chi connectivity index (χ4n) is 5.44. The van der Waals surface area contributed by atoms with E-state index in [2.05, 4.69) is 31.9 Å². The number of aryl methyl sites for hydroxylation is 1. The number of fused-ring (bicyclic) bond motifs is 1. The topological polar surface area (TPSA) is 149 Å². The molecule has 0 bridgehead atoms. The highest BCUT2D eigenvalue weighted by atomic mass is 32.1. The Morgan fingerprint density at radius 1 is 1.00 bits per heavy atom. The monoisotopic (exact) mass is 629 g/mol. The predicted octanol–water partition coefficient (Wildman–Crippen LogP) is 3.36. The Labute approximate surface area is 264 Å². The lowest BCUT2D eigenvalue weighted by molar-refractivity contribution is -0.133. The second kappa shape index (κ2) is 13.2. The third kappa shape index (κ3) is 7.06. The number of nitrogens with zero attached hydrogens (tertiary/aromatic N) is 4. The zero-order chi connectivity index (χ0) is 31.5. The normalized spacial score (nSPS) is 15.3. The van der Waals surface area contributed by atoms with Gasteiger partial charge in [0, 0.05) is 63.8 Å². The van der Waals surface area contributed by atoms with Gasteiger partial charge in [0.1, 0.15) is 18.1 Å². The number of likely N-dealkylation sites (tertiary alicyclic amines) is 2. The number of urea groups is 1. The van der Waals surface area contributed by atoms with E-state index >= 15 is 0 Å².